The third-order valence-electron chi connectivity index (χ3n) is 2.07. The number of nitrogens with zero attached hydrogens (tertiary/aromatic N) is 2. The highest BCUT2D eigenvalue weighted by atomic mass is 32.2. The molecule has 0 aliphatic heterocycles. The first-order valence-corrected chi connectivity index (χ1v) is 6.64. The number of rotatable bonds is 5. The highest BCUT2D eigenvalue weighted by Crippen LogP contribution is 2.12. The van der Waals surface area contributed by atoms with Crippen LogP contribution in [0.1, 0.15) is 12.5 Å². The van der Waals surface area contributed by atoms with Gasteiger partial charge in [-0.2, -0.15) is 13.7 Å². The Labute approximate surface area is 106 Å². The van der Waals surface area contributed by atoms with Gasteiger partial charge in [-0.25, -0.2) is 0 Å². The Morgan fingerprint density at radius 3 is 2.44 bits per heavy atom. The van der Waals surface area contributed by atoms with E-state index in [2.05, 4.69) is 9.44 Å². The first kappa shape index (κ1) is 14.0. The molecule has 0 fully saturated rings. The molecular formula is C11H12N2O4S. The summed E-state index contributed by atoms with van der Waals surface area (Å²) in [5.74, 6) is 0.413. The number of hydrogen-bond acceptors (Lipinski definition) is 6. The van der Waals surface area contributed by atoms with Gasteiger partial charge in [0.05, 0.1) is 12.9 Å². The average Bonchev–Trinajstić information content (AvgIpc) is 2.40. The molecule has 18 heavy (non-hydrogen) atoms. The van der Waals surface area contributed by atoms with E-state index in [-0.39, 0.29) is 11.5 Å². The van der Waals surface area contributed by atoms with Crippen LogP contribution in [0.2, 0.25) is 0 Å². The van der Waals surface area contributed by atoms with E-state index in [4.69, 9.17) is 10.00 Å². The van der Waals surface area contributed by atoms with Gasteiger partial charge in [0.15, 0.2) is 5.71 Å². The van der Waals surface area contributed by atoms with E-state index in [1.807, 2.05) is 0 Å². The zero-order valence-corrected chi connectivity index (χ0v) is 10.8. The molecule has 7 heteroatoms. The minimum Gasteiger partial charge on any atom is -0.497 e. The zero-order chi connectivity index (χ0) is 13.6. The Balaban J connectivity index is 2.96. The fourth-order valence-electron chi connectivity index (χ4n) is 1.03. The minimum atomic E-state index is -3.71. The van der Waals surface area contributed by atoms with Crippen molar-refractivity contribution < 1.29 is 17.4 Å². The minimum absolute atomic E-state index is 0.116. The first-order valence-electron chi connectivity index (χ1n) is 5.06. The second-order valence-corrected chi connectivity index (χ2v) is 5.04. The molecule has 1 aromatic rings. The predicted molar refractivity (Wildman–Crippen MR) is 65.7 cm³/mol. The summed E-state index contributed by atoms with van der Waals surface area (Å²) >= 11 is 0. The van der Waals surface area contributed by atoms with Gasteiger partial charge in [0.2, 0.25) is 0 Å². The molecule has 6 nitrogen and oxygen atoms in total. The van der Waals surface area contributed by atoms with Crippen molar-refractivity contribution in [1.82, 2.24) is 0 Å². The van der Waals surface area contributed by atoms with Crippen LogP contribution >= 0.6 is 0 Å². The summed E-state index contributed by atoms with van der Waals surface area (Å²) < 4.78 is 31.5. The summed E-state index contributed by atoms with van der Waals surface area (Å²) in [6.45, 7) is 1.42. The summed E-state index contributed by atoms with van der Waals surface area (Å²) in [7, 11) is -2.19. The lowest BCUT2D eigenvalue weighted by Gasteiger charge is -2.01. The van der Waals surface area contributed by atoms with Crippen molar-refractivity contribution in [2.45, 2.75) is 6.92 Å². The number of oxime groups is 1. The van der Waals surface area contributed by atoms with E-state index in [0.717, 1.165) is 0 Å². The van der Waals surface area contributed by atoms with Crippen molar-refractivity contribution in [1.29, 1.82) is 5.26 Å². The molecule has 96 valence electrons. The van der Waals surface area contributed by atoms with E-state index < -0.39 is 10.1 Å². The molecule has 1 rings (SSSR count). The van der Waals surface area contributed by atoms with Crippen LogP contribution in [0.4, 0.5) is 0 Å². The van der Waals surface area contributed by atoms with Gasteiger partial charge in [-0.1, -0.05) is 5.16 Å². The van der Waals surface area contributed by atoms with Crippen molar-refractivity contribution in [3.05, 3.63) is 29.8 Å². The summed E-state index contributed by atoms with van der Waals surface area (Å²) in [6.07, 6.45) is 0. The van der Waals surface area contributed by atoms with Gasteiger partial charge in [-0.3, -0.25) is 4.28 Å². The Bertz CT molecular complexity index is 570. The van der Waals surface area contributed by atoms with Gasteiger partial charge in [0, 0.05) is 5.56 Å². The van der Waals surface area contributed by atoms with Crippen molar-refractivity contribution in [2.75, 3.05) is 12.9 Å². The molecule has 0 saturated heterocycles. The summed E-state index contributed by atoms with van der Waals surface area (Å²) in [6, 6.07) is 8.22. The topological polar surface area (TPSA) is 88.8 Å². The molecule has 0 spiro atoms. The van der Waals surface area contributed by atoms with Gasteiger partial charge in [0.25, 0.3) is 0 Å². The van der Waals surface area contributed by atoms with Gasteiger partial charge >= 0.3 is 10.1 Å². The normalized spacial score (nSPS) is 11.7. The molecule has 0 amide bonds. The summed E-state index contributed by atoms with van der Waals surface area (Å²) in [4.78, 5) is 0. The summed E-state index contributed by atoms with van der Waals surface area (Å²) in [5, 5.41) is 12.2. The lowest BCUT2D eigenvalue weighted by Crippen LogP contribution is -2.07. The fraction of sp³-hybridized carbons (Fsp3) is 0.273. The molecular weight excluding hydrogens is 256 g/mol. The zero-order valence-electron chi connectivity index (χ0n) is 9.95. The predicted octanol–water partition coefficient (Wildman–Crippen LogP) is 1.29. The Morgan fingerprint density at radius 1 is 1.39 bits per heavy atom. The molecule has 1 aromatic carbocycles. The van der Waals surface area contributed by atoms with Crippen molar-refractivity contribution in [3.8, 4) is 11.8 Å². The highest BCUT2D eigenvalue weighted by molar-refractivity contribution is 7.86. The number of methoxy groups -OCH3 is 1. The van der Waals surface area contributed by atoms with Crippen LogP contribution in [0.15, 0.2) is 29.4 Å². The maximum Gasteiger partial charge on any atom is 0.328 e. The van der Waals surface area contributed by atoms with E-state index >= 15 is 0 Å². The van der Waals surface area contributed by atoms with E-state index in [9.17, 15) is 8.42 Å². The average molecular weight is 268 g/mol. The van der Waals surface area contributed by atoms with Crippen molar-refractivity contribution >= 4 is 15.8 Å². The van der Waals surface area contributed by atoms with Crippen LogP contribution in [0, 0.1) is 11.3 Å². The third-order valence-corrected chi connectivity index (χ3v) is 3.07. The smallest absolute Gasteiger partial charge is 0.328 e. The van der Waals surface area contributed by atoms with Gasteiger partial charge in [-0.05, 0) is 31.2 Å². The standard InChI is InChI=1S/C11H12N2O4S/c1-3-18(14,15)17-13-11(8-12)9-4-6-10(16-2)7-5-9/h4-7H,3H2,1-2H3/b13-11+. The van der Waals surface area contributed by atoms with Crippen LogP contribution in [-0.4, -0.2) is 27.0 Å². The quantitative estimate of drug-likeness (QED) is 0.593. The first-order chi connectivity index (χ1) is 8.52. The van der Waals surface area contributed by atoms with Crippen molar-refractivity contribution in [2.24, 2.45) is 5.16 Å². The monoisotopic (exact) mass is 268 g/mol. The van der Waals surface area contributed by atoms with Crippen LogP contribution < -0.4 is 4.74 Å². The third kappa shape index (κ3) is 3.75. The summed E-state index contributed by atoms with van der Waals surface area (Å²) in [5.41, 5.74) is 0.333. The van der Waals surface area contributed by atoms with Crippen LogP contribution in [0.25, 0.3) is 0 Å². The Kier molecular flexibility index (Phi) is 4.68. The lowest BCUT2D eigenvalue weighted by molar-refractivity contribution is 0.340. The number of benzene rings is 1. The van der Waals surface area contributed by atoms with Gasteiger partial charge in [-0.15, -0.1) is 0 Å². The van der Waals surface area contributed by atoms with Crippen molar-refractivity contribution in [3.63, 3.8) is 0 Å². The molecule has 0 unspecified atom stereocenters. The molecule has 0 atom stereocenters. The second kappa shape index (κ2) is 6.02. The number of ether oxygens (including phenoxy) is 1. The Morgan fingerprint density at radius 2 is 2.00 bits per heavy atom. The lowest BCUT2D eigenvalue weighted by atomic mass is 10.1. The molecule has 0 N–H and O–H groups in total. The fourth-order valence-corrected chi connectivity index (χ4v) is 1.33. The number of nitriles is 1. The molecule has 0 heterocycles. The van der Waals surface area contributed by atoms with Crippen LogP contribution in [0.5, 0.6) is 5.75 Å². The molecule has 0 aliphatic rings. The maximum absolute atomic E-state index is 11.1. The Hall–Kier alpha value is -2.07. The highest BCUT2D eigenvalue weighted by Gasteiger charge is 2.09. The van der Waals surface area contributed by atoms with Crippen LogP contribution in [0.3, 0.4) is 0 Å². The second-order valence-electron chi connectivity index (χ2n) is 3.20. The van der Waals surface area contributed by atoms with Gasteiger partial charge in [0.1, 0.15) is 11.8 Å². The van der Waals surface area contributed by atoms with E-state index in [1.165, 1.54) is 14.0 Å². The van der Waals surface area contributed by atoms with Crippen LogP contribution in [-0.2, 0) is 14.4 Å². The molecule has 0 radical (unpaired) electrons. The molecule has 0 bridgehead atoms. The molecule has 0 aliphatic carbocycles. The van der Waals surface area contributed by atoms with Gasteiger partial charge < -0.3 is 4.74 Å². The largest absolute Gasteiger partial charge is 0.497 e. The maximum atomic E-state index is 11.1. The van der Waals surface area contributed by atoms with E-state index in [1.54, 1.807) is 30.3 Å². The molecule has 0 aromatic heterocycles. The number of hydrogen-bond donors (Lipinski definition) is 0. The molecule has 0 saturated carbocycles. The SMILES string of the molecule is CCS(=O)(=O)O/N=C(\C#N)c1ccc(OC)cc1. The van der Waals surface area contributed by atoms with E-state index in [0.29, 0.717) is 11.3 Å².